The molecule has 0 aromatic heterocycles. The minimum Gasteiger partial charge on any atom is -0.496 e. The fourth-order valence-electron chi connectivity index (χ4n) is 3.75. The lowest BCUT2D eigenvalue weighted by Gasteiger charge is -2.31. The molecule has 0 unspecified atom stereocenters. The Kier molecular flexibility index (Phi) is 5.40. The van der Waals surface area contributed by atoms with Crippen LogP contribution in [0.5, 0.6) is 5.75 Å². The van der Waals surface area contributed by atoms with Crippen molar-refractivity contribution in [2.45, 2.75) is 39.2 Å². The van der Waals surface area contributed by atoms with Gasteiger partial charge in [-0.2, -0.15) is 0 Å². The molecule has 1 aliphatic rings. The lowest BCUT2D eigenvalue weighted by atomic mass is 10.0. The molecule has 5 heteroatoms. The zero-order chi connectivity index (χ0) is 19.6. The summed E-state index contributed by atoms with van der Waals surface area (Å²) >= 11 is 0. The molecule has 1 saturated heterocycles. The number of nitrogens with zero attached hydrogens (tertiary/aromatic N) is 1. The number of fused-ring (bicyclic) bond motifs is 1. The van der Waals surface area contributed by atoms with E-state index in [4.69, 9.17) is 4.74 Å². The van der Waals surface area contributed by atoms with Gasteiger partial charge in [-0.25, -0.2) is 0 Å². The molecule has 2 aromatic rings. The van der Waals surface area contributed by atoms with E-state index < -0.39 is 0 Å². The minimum atomic E-state index is -0.272. The zero-order valence-corrected chi connectivity index (χ0v) is 16.5. The van der Waals surface area contributed by atoms with E-state index in [0.29, 0.717) is 25.9 Å². The number of benzene rings is 2. The van der Waals surface area contributed by atoms with Crippen molar-refractivity contribution >= 4 is 22.6 Å². The number of ether oxygens (including phenoxy) is 1. The first-order valence-corrected chi connectivity index (χ1v) is 9.44. The van der Waals surface area contributed by atoms with Crippen molar-refractivity contribution < 1.29 is 14.3 Å². The summed E-state index contributed by atoms with van der Waals surface area (Å²) in [5.41, 5.74) is 0.845. The number of carbonyl (C=O) groups is 2. The Labute approximate surface area is 160 Å². The number of nitrogens with one attached hydrogen (secondary N) is 1. The fraction of sp³-hybridized carbons (Fsp3) is 0.455. The number of rotatable bonds is 5. The number of carbonyl (C=O) groups excluding carboxylic acids is 2. The molecule has 1 N–H and O–H groups in total. The van der Waals surface area contributed by atoms with E-state index in [2.05, 4.69) is 17.4 Å². The van der Waals surface area contributed by atoms with Crippen molar-refractivity contribution in [2.24, 2.45) is 5.92 Å². The second-order valence-corrected chi connectivity index (χ2v) is 8.08. The highest BCUT2D eigenvalue weighted by Gasteiger charge is 2.39. The van der Waals surface area contributed by atoms with Crippen LogP contribution >= 0.6 is 0 Å². The molecule has 2 amide bonds. The molecule has 1 aliphatic heterocycles. The summed E-state index contributed by atoms with van der Waals surface area (Å²) in [6.45, 7) is 7.00. The Hall–Kier alpha value is -2.56. The Balaban J connectivity index is 1.65. The highest BCUT2D eigenvalue weighted by Crippen LogP contribution is 2.29. The van der Waals surface area contributed by atoms with Gasteiger partial charge in [0.2, 0.25) is 11.8 Å². The van der Waals surface area contributed by atoms with E-state index in [0.717, 1.165) is 22.1 Å². The molecule has 0 aliphatic carbocycles. The maximum atomic E-state index is 12.6. The zero-order valence-electron chi connectivity index (χ0n) is 16.5. The van der Waals surface area contributed by atoms with Gasteiger partial charge in [0.25, 0.3) is 0 Å². The van der Waals surface area contributed by atoms with E-state index >= 15 is 0 Å². The van der Waals surface area contributed by atoms with Gasteiger partial charge in [-0.15, -0.1) is 0 Å². The second-order valence-electron chi connectivity index (χ2n) is 8.08. The van der Waals surface area contributed by atoms with E-state index in [-0.39, 0.29) is 23.3 Å². The van der Waals surface area contributed by atoms with Gasteiger partial charge in [0.1, 0.15) is 5.75 Å². The molecule has 5 nitrogen and oxygen atoms in total. The van der Waals surface area contributed by atoms with Crippen LogP contribution < -0.4 is 10.1 Å². The van der Waals surface area contributed by atoms with Crippen molar-refractivity contribution in [3.05, 3.63) is 42.0 Å². The highest BCUT2D eigenvalue weighted by molar-refractivity contribution is 5.90. The van der Waals surface area contributed by atoms with Crippen LogP contribution in [0.1, 0.15) is 32.8 Å². The summed E-state index contributed by atoms with van der Waals surface area (Å²) in [5, 5.41) is 5.30. The first-order chi connectivity index (χ1) is 12.8. The smallest absolute Gasteiger partial charge is 0.225 e. The molecule has 144 valence electrons. The van der Waals surface area contributed by atoms with Gasteiger partial charge in [-0.05, 0) is 44.0 Å². The van der Waals surface area contributed by atoms with Gasteiger partial charge in [-0.1, -0.05) is 30.3 Å². The lowest BCUT2D eigenvalue weighted by molar-refractivity contribution is -0.132. The molecule has 3 rings (SSSR count). The van der Waals surface area contributed by atoms with Gasteiger partial charge in [0, 0.05) is 30.6 Å². The molecule has 0 spiro atoms. The Morgan fingerprint density at radius 1 is 1.22 bits per heavy atom. The van der Waals surface area contributed by atoms with E-state index in [1.165, 1.54) is 0 Å². The van der Waals surface area contributed by atoms with Gasteiger partial charge in [0.05, 0.1) is 13.0 Å². The summed E-state index contributed by atoms with van der Waals surface area (Å²) in [6.07, 6.45) is 0.973. The SMILES string of the molecule is COc1ccc2ccccc2c1CCNC(=O)[C@H]1CC(=O)N(C(C)(C)C)C1. The van der Waals surface area contributed by atoms with Crippen molar-refractivity contribution in [1.29, 1.82) is 0 Å². The summed E-state index contributed by atoms with van der Waals surface area (Å²) in [5.74, 6) is 0.566. The molecular formula is C22H28N2O3. The second kappa shape index (κ2) is 7.59. The first kappa shape index (κ1) is 19.2. The topological polar surface area (TPSA) is 58.6 Å². The number of methoxy groups -OCH3 is 1. The van der Waals surface area contributed by atoms with Gasteiger partial charge < -0.3 is 15.0 Å². The predicted molar refractivity (Wildman–Crippen MR) is 107 cm³/mol. The molecule has 1 atom stereocenters. The van der Waals surface area contributed by atoms with Gasteiger partial charge in [0.15, 0.2) is 0 Å². The number of hydrogen-bond acceptors (Lipinski definition) is 3. The monoisotopic (exact) mass is 368 g/mol. The Bertz CT molecular complexity index is 854. The van der Waals surface area contributed by atoms with Crippen molar-refractivity contribution in [1.82, 2.24) is 10.2 Å². The maximum absolute atomic E-state index is 12.6. The Morgan fingerprint density at radius 3 is 2.63 bits per heavy atom. The third-order valence-corrected chi connectivity index (χ3v) is 5.20. The van der Waals surface area contributed by atoms with Crippen LogP contribution in [0.15, 0.2) is 36.4 Å². The van der Waals surface area contributed by atoms with E-state index in [1.807, 2.05) is 45.0 Å². The molecule has 2 aromatic carbocycles. The average molecular weight is 368 g/mol. The Morgan fingerprint density at radius 2 is 1.96 bits per heavy atom. The van der Waals surface area contributed by atoms with E-state index in [9.17, 15) is 9.59 Å². The van der Waals surface area contributed by atoms with Crippen LogP contribution in [-0.2, 0) is 16.0 Å². The highest BCUT2D eigenvalue weighted by atomic mass is 16.5. The molecule has 1 heterocycles. The van der Waals surface area contributed by atoms with Crippen molar-refractivity contribution in [3.63, 3.8) is 0 Å². The predicted octanol–water partition coefficient (Wildman–Crippen LogP) is 3.15. The molecule has 0 bridgehead atoms. The van der Waals surface area contributed by atoms with Crippen molar-refractivity contribution in [2.75, 3.05) is 20.2 Å². The number of likely N-dealkylation sites (tertiary alicyclic amines) is 1. The standard InChI is InChI=1S/C22H28N2O3/c1-22(2,3)24-14-16(13-20(24)25)21(26)23-12-11-18-17-8-6-5-7-15(17)9-10-19(18)27-4/h5-10,16H,11-14H2,1-4H3,(H,23,26)/t16-/m0/s1. The van der Waals surface area contributed by atoms with Crippen LogP contribution in [-0.4, -0.2) is 42.5 Å². The van der Waals surface area contributed by atoms with Crippen molar-refractivity contribution in [3.8, 4) is 5.75 Å². The van der Waals surface area contributed by atoms with E-state index in [1.54, 1.807) is 12.0 Å². The molecular weight excluding hydrogens is 340 g/mol. The summed E-state index contributed by atoms with van der Waals surface area (Å²) in [4.78, 5) is 26.5. The molecule has 27 heavy (non-hydrogen) atoms. The quantitative estimate of drug-likeness (QED) is 0.882. The summed E-state index contributed by atoms with van der Waals surface area (Å²) in [6, 6.07) is 12.2. The van der Waals surface area contributed by atoms with Gasteiger partial charge in [-0.3, -0.25) is 9.59 Å². The van der Waals surface area contributed by atoms with Gasteiger partial charge >= 0.3 is 0 Å². The largest absolute Gasteiger partial charge is 0.496 e. The third kappa shape index (κ3) is 4.07. The fourth-order valence-corrected chi connectivity index (χ4v) is 3.75. The molecule has 0 saturated carbocycles. The maximum Gasteiger partial charge on any atom is 0.225 e. The molecule has 0 radical (unpaired) electrons. The minimum absolute atomic E-state index is 0.0469. The third-order valence-electron chi connectivity index (χ3n) is 5.20. The normalized spacial score (nSPS) is 17.4. The number of hydrogen-bond donors (Lipinski definition) is 1. The summed E-state index contributed by atoms with van der Waals surface area (Å²) in [7, 11) is 1.66. The lowest BCUT2D eigenvalue weighted by Crippen LogP contribution is -2.43. The van der Waals surface area contributed by atoms with Crippen LogP contribution in [0.3, 0.4) is 0 Å². The van der Waals surface area contributed by atoms with Crippen LogP contribution in [0, 0.1) is 5.92 Å². The van der Waals surface area contributed by atoms with Crippen LogP contribution in [0.2, 0.25) is 0 Å². The first-order valence-electron chi connectivity index (χ1n) is 9.44. The summed E-state index contributed by atoms with van der Waals surface area (Å²) < 4.78 is 5.51. The van der Waals surface area contributed by atoms with Crippen LogP contribution in [0.25, 0.3) is 10.8 Å². The van der Waals surface area contributed by atoms with Crippen LogP contribution in [0.4, 0.5) is 0 Å². The average Bonchev–Trinajstić information content (AvgIpc) is 3.04. The number of amides is 2. The molecule has 1 fully saturated rings.